The molecular formula is C13H26N4OS. The van der Waals surface area contributed by atoms with Crippen molar-refractivity contribution in [2.24, 2.45) is 5.73 Å². The number of methoxy groups -OCH3 is 1. The summed E-state index contributed by atoms with van der Waals surface area (Å²) in [5.74, 6) is 1.66. The maximum Gasteiger partial charge on any atom is 0.161 e. The maximum absolute atomic E-state index is 6.30. The summed E-state index contributed by atoms with van der Waals surface area (Å²) in [7, 11) is 5.77. The third-order valence-electron chi connectivity index (χ3n) is 2.78. The van der Waals surface area contributed by atoms with E-state index in [4.69, 9.17) is 10.5 Å². The Morgan fingerprint density at radius 3 is 2.68 bits per heavy atom. The van der Waals surface area contributed by atoms with E-state index in [1.54, 1.807) is 13.3 Å². The van der Waals surface area contributed by atoms with Crippen LogP contribution in [0.4, 0.5) is 0 Å². The van der Waals surface area contributed by atoms with Gasteiger partial charge < -0.3 is 15.4 Å². The van der Waals surface area contributed by atoms with E-state index in [2.05, 4.69) is 37.9 Å². The quantitative estimate of drug-likeness (QED) is 0.786. The lowest BCUT2D eigenvalue weighted by Gasteiger charge is -2.18. The molecule has 1 atom stereocenters. The van der Waals surface area contributed by atoms with Gasteiger partial charge in [-0.25, -0.2) is 0 Å². The van der Waals surface area contributed by atoms with Crippen LogP contribution in [-0.2, 0) is 6.54 Å². The van der Waals surface area contributed by atoms with Crippen LogP contribution in [-0.4, -0.2) is 53.4 Å². The molecule has 0 fully saturated rings. The number of nitrogens with two attached hydrogens (primary N) is 1. The second kappa shape index (κ2) is 7.77. The van der Waals surface area contributed by atoms with Gasteiger partial charge in [0.1, 0.15) is 0 Å². The van der Waals surface area contributed by atoms with Gasteiger partial charge in [0, 0.05) is 12.3 Å². The molecule has 0 aliphatic rings. The Kier molecular flexibility index (Phi) is 6.68. The van der Waals surface area contributed by atoms with Gasteiger partial charge in [-0.1, -0.05) is 13.8 Å². The van der Waals surface area contributed by atoms with Crippen molar-refractivity contribution in [2.75, 3.05) is 33.5 Å². The molecular weight excluding hydrogens is 260 g/mol. The summed E-state index contributed by atoms with van der Waals surface area (Å²) in [6.07, 6.45) is 1.75. The lowest BCUT2D eigenvalue weighted by atomic mass is 10.2. The molecule has 2 N–H and O–H groups in total. The average Bonchev–Trinajstić information content (AvgIpc) is 2.76. The van der Waals surface area contributed by atoms with Gasteiger partial charge in [-0.2, -0.15) is 16.9 Å². The first-order chi connectivity index (χ1) is 8.95. The van der Waals surface area contributed by atoms with Crippen LogP contribution in [0.25, 0.3) is 0 Å². The van der Waals surface area contributed by atoms with Crippen LogP contribution in [0.3, 0.4) is 0 Å². The molecule has 19 heavy (non-hydrogen) atoms. The molecule has 0 saturated heterocycles. The van der Waals surface area contributed by atoms with Crippen LogP contribution in [0.5, 0.6) is 5.75 Å². The zero-order valence-corrected chi connectivity index (χ0v) is 13.4. The number of nitrogens with zero attached hydrogens (tertiary/aromatic N) is 3. The van der Waals surface area contributed by atoms with Crippen molar-refractivity contribution in [3.63, 3.8) is 0 Å². The van der Waals surface area contributed by atoms with Gasteiger partial charge in [0.25, 0.3) is 0 Å². The molecule has 1 aromatic heterocycles. The van der Waals surface area contributed by atoms with Gasteiger partial charge in [0.05, 0.1) is 31.6 Å². The highest BCUT2D eigenvalue weighted by atomic mass is 32.2. The van der Waals surface area contributed by atoms with Gasteiger partial charge in [0.2, 0.25) is 0 Å². The first-order valence-electron chi connectivity index (χ1n) is 6.57. The summed E-state index contributed by atoms with van der Waals surface area (Å²) in [5, 5.41) is 4.96. The summed E-state index contributed by atoms with van der Waals surface area (Å²) in [6, 6.07) is -0.0491. The van der Waals surface area contributed by atoms with Gasteiger partial charge in [-0.15, -0.1) is 0 Å². The first kappa shape index (κ1) is 16.3. The van der Waals surface area contributed by atoms with Crippen molar-refractivity contribution in [1.29, 1.82) is 0 Å². The Morgan fingerprint density at radius 2 is 2.16 bits per heavy atom. The largest absolute Gasteiger partial charge is 0.493 e. The molecule has 0 aromatic carbocycles. The number of hydrogen-bond acceptors (Lipinski definition) is 5. The molecule has 0 saturated carbocycles. The highest BCUT2D eigenvalue weighted by molar-refractivity contribution is 7.99. The zero-order chi connectivity index (χ0) is 14.4. The number of likely N-dealkylation sites (N-methyl/N-ethyl adjacent to an activating group) is 1. The minimum atomic E-state index is -0.0491. The van der Waals surface area contributed by atoms with Gasteiger partial charge in [0.15, 0.2) is 5.75 Å². The number of aromatic nitrogens is 2. The van der Waals surface area contributed by atoms with Crippen LogP contribution in [0.2, 0.25) is 0 Å². The van der Waals surface area contributed by atoms with E-state index in [0.29, 0.717) is 5.25 Å². The fourth-order valence-electron chi connectivity index (χ4n) is 1.76. The summed E-state index contributed by atoms with van der Waals surface area (Å²) in [4.78, 5) is 2.13. The van der Waals surface area contributed by atoms with Crippen molar-refractivity contribution in [3.05, 3.63) is 11.9 Å². The molecule has 1 heterocycles. The predicted octanol–water partition coefficient (Wildman–Crippen LogP) is 1.59. The zero-order valence-electron chi connectivity index (χ0n) is 12.6. The van der Waals surface area contributed by atoms with Crippen molar-refractivity contribution in [1.82, 2.24) is 14.7 Å². The lowest BCUT2D eigenvalue weighted by molar-refractivity contribution is 0.362. The fraction of sp³-hybridized carbons (Fsp3) is 0.769. The minimum Gasteiger partial charge on any atom is -0.493 e. The summed E-state index contributed by atoms with van der Waals surface area (Å²) in [5.41, 5.74) is 7.29. The third-order valence-corrected chi connectivity index (χ3v) is 4.00. The number of ether oxygens (including phenoxy) is 1. The summed E-state index contributed by atoms with van der Waals surface area (Å²) in [6.45, 7) is 6.11. The van der Waals surface area contributed by atoms with E-state index >= 15 is 0 Å². The van der Waals surface area contributed by atoms with E-state index < -0.39 is 0 Å². The molecule has 0 radical (unpaired) electrons. The molecule has 0 spiro atoms. The fourth-order valence-corrected chi connectivity index (χ4v) is 2.51. The topological polar surface area (TPSA) is 56.3 Å². The summed E-state index contributed by atoms with van der Waals surface area (Å²) >= 11 is 1.86. The van der Waals surface area contributed by atoms with E-state index in [1.165, 1.54) is 0 Å². The Hall–Kier alpha value is -0.720. The van der Waals surface area contributed by atoms with Crippen LogP contribution in [0, 0.1) is 0 Å². The molecule has 0 amide bonds. The van der Waals surface area contributed by atoms with Crippen LogP contribution in [0.1, 0.15) is 25.6 Å². The Morgan fingerprint density at radius 1 is 1.47 bits per heavy atom. The Labute approximate surface area is 120 Å². The van der Waals surface area contributed by atoms with Gasteiger partial charge in [-0.3, -0.25) is 4.68 Å². The SMILES string of the molecule is COc1cnn(CCN(C)C)c1C(N)CSC(C)C. The molecule has 0 bridgehead atoms. The van der Waals surface area contributed by atoms with Crippen molar-refractivity contribution in [2.45, 2.75) is 31.7 Å². The highest BCUT2D eigenvalue weighted by Gasteiger charge is 2.19. The molecule has 1 unspecified atom stereocenters. The normalized spacial score (nSPS) is 13.3. The second-order valence-electron chi connectivity index (χ2n) is 5.11. The first-order valence-corrected chi connectivity index (χ1v) is 7.62. The highest BCUT2D eigenvalue weighted by Crippen LogP contribution is 2.27. The molecule has 1 aromatic rings. The standard InChI is InChI=1S/C13H26N4OS/c1-10(2)19-9-11(14)13-12(18-5)8-15-17(13)7-6-16(3)4/h8,10-11H,6-7,9,14H2,1-5H3. The molecule has 1 rings (SSSR count). The van der Waals surface area contributed by atoms with Crippen LogP contribution < -0.4 is 10.5 Å². The van der Waals surface area contributed by atoms with Gasteiger partial charge in [-0.05, 0) is 19.3 Å². The molecule has 0 aliphatic heterocycles. The molecule has 5 nitrogen and oxygen atoms in total. The monoisotopic (exact) mass is 286 g/mol. The van der Waals surface area contributed by atoms with Gasteiger partial charge >= 0.3 is 0 Å². The minimum absolute atomic E-state index is 0.0491. The third kappa shape index (κ3) is 5.04. The van der Waals surface area contributed by atoms with Crippen LogP contribution >= 0.6 is 11.8 Å². The lowest BCUT2D eigenvalue weighted by Crippen LogP contribution is -2.24. The smallest absolute Gasteiger partial charge is 0.161 e. The number of rotatable bonds is 8. The maximum atomic E-state index is 6.30. The van der Waals surface area contributed by atoms with Crippen molar-refractivity contribution in [3.8, 4) is 5.75 Å². The molecule has 110 valence electrons. The Bertz CT molecular complexity index is 379. The average molecular weight is 286 g/mol. The summed E-state index contributed by atoms with van der Waals surface area (Å²) < 4.78 is 7.34. The van der Waals surface area contributed by atoms with E-state index in [9.17, 15) is 0 Å². The molecule has 6 heteroatoms. The van der Waals surface area contributed by atoms with Crippen LogP contribution in [0.15, 0.2) is 6.20 Å². The van der Waals surface area contributed by atoms with E-state index in [-0.39, 0.29) is 6.04 Å². The second-order valence-corrected chi connectivity index (χ2v) is 6.72. The Balaban J connectivity index is 2.79. The van der Waals surface area contributed by atoms with E-state index in [0.717, 1.165) is 30.3 Å². The van der Waals surface area contributed by atoms with Crippen molar-refractivity contribution < 1.29 is 4.74 Å². The molecule has 0 aliphatic carbocycles. The number of hydrogen-bond donors (Lipinski definition) is 1. The van der Waals surface area contributed by atoms with E-state index in [1.807, 2.05) is 16.4 Å². The predicted molar refractivity (Wildman–Crippen MR) is 81.9 cm³/mol. The van der Waals surface area contributed by atoms with Crippen molar-refractivity contribution >= 4 is 11.8 Å². The number of thioether (sulfide) groups is 1.